The molecule has 1 aromatic heterocycles. The molecule has 1 atom stereocenters. The number of ether oxygens (including phenoxy) is 1. The Bertz CT molecular complexity index is 979. The average Bonchev–Trinajstić information content (AvgIpc) is 2.65. The van der Waals surface area contributed by atoms with E-state index < -0.39 is 5.63 Å². The normalized spacial score (nSPS) is 11.9. The van der Waals surface area contributed by atoms with Gasteiger partial charge in [0.2, 0.25) is 0 Å². The molecule has 0 fully saturated rings. The molecule has 0 aliphatic heterocycles. The number of nitrogens with one attached hydrogen (secondary N) is 1. The zero-order valence-electron chi connectivity index (χ0n) is 15.5. The number of aryl methyl sites for hydroxylation is 2. The summed E-state index contributed by atoms with van der Waals surface area (Å²) in [5.41, 5.74) is 2.15. The van der Waals surface area contributed by atoms with E-state index in [1.165, 1.54) is 11.6 Å². The monoisotopic (exact) mass is 365 g/mol. The molecular weight excluding hydrogens is 342 g/mol. The van der Waals surface area contributed by atoms with Crippen LogP contribution in [0.2, 0.25) is 0 Å². The van der Waals surface area contributed by atoms with Crippen LogP contribution in [-0.2, 0) is 11.2 Å². The van der Waals surface area contributed by atoms with Crippen molar-refractivity contribution >= 4 is 16.9 Å². The SMILES string of the molecule is Cc1cc(=O)oc2cc(OCC(=O)N[C@@H](C)CCc3ccccc3)ccc12. The van der Waals surface area contributed by atoms with Crippen LogP contribution in [0.1, 0.15) is 24.5 Å². The topological polar surface area (TPSA) is 68.5 Å². The molecule has 27 heavy (non-hydrogen) atoms. The Hall–Kier alpha value is -3.08. The highest BCUT2D eigenvalue weighted by atomic mass is 16.5. The number of fused-ring (bicyclic) bond motifs is 1. The standard InChI is InChI=1S/C22H23NO4/c1-15-12-22(25)27-20-13-18(10-11-19(15)20)26-14-21(24)23-16(2)8-9-17-6-4-3-5-7-17/h3-7,10-13,16H,8-9,14H2,1-2H3,(H,23,24)/t16-/m0/s1. The molecule has 0 radical (unpaired) electrons. The third-order valence-corrected chi connectivity index (χ3v) is 4.41. The van der Waals surface area contributed by atoms with Gasteiger partial charge in [0.05, 0.1) is 0 Å². The summed E-state index contributed by atoms with van der Waals surface area (Å²) in [5, 5.41) is 3.79. The van der Waals surface area contributed by atoms with Crippen LogP contribution in [-0.4, -0.2) is 18.6 Å². The lowest BCUT2D eigenvalue weighted by molar-refractivity contribution is -0.123. The highest BCUT2D eigenvalue weighted by Gasteiger charge is 2.10. The van der Waals surface area contributed by atoms with Crippen molar-refractivity contribution < 1.29 is 13.9 Å². The van der Waals surface area contributed by atoms with E-state index in [0.717, 1.165) is 23.8 Å². The van der Waals surface area contributed by atoms with Crippen molar-refractivity contribution in [2.75, 3.05) is 6.61 Å². The molecule has 0 unspecified atom stereocenters. The van der Waals surface area contributed by atoms with E-state index in [1.807, 2.05) is 38.1 Å². The summed E-state index contributed by atoms with van der Waals surface area (Å²) < 4.78 is 10.7. The number of carbonyl (C=O) groups excluding carboxylic acids is 1. The van der Waals surface area contributed by atoms with E-state index in [9.17, 15) is 9.59 Å². The minimum absolute atomic E-state index is 0.0542. The van der Waals surface area contributed by atoms with E-state index in [2.05, 4.69) is 17.4 Å². The second kappa shape index (κ2) is 8.54. The molecular formula is C22H23NO4. The van der Waals surface area contributed by atoms with Gasteiger partial charge in [-0.15, -0.1) is 0 Å². The second-order valence-electron chi connectivity index (χ2n) is 6.69. The molecule has 0 aliphatic carbocycles. The fourth-order valence-corrected chi connectivity index (χ4v) is 2.96. The van der Waals surface area contributed by atoms with Crippen LogP contribution < -0.4 is 15.7 Å². The Kier molecular flexibility index (Phi) is 5.91. The number of rotatable bonds is 7. The highest BCUT2D eigenvalue weighted by molar-refractivity contribution is 5.81. The molecule has 1 N–H and O–H groups in total. The summed E-state index contributed by atoms with van der Waals surface area (Å²) in [5.74, 6) is 0.310. The molecule has 5 nitrogen and oxygen atoms in total. The van der Waals surface area contributed by atoms with Gasteiger partial charge in [-0.05, 0) is 49.9 Å². The van der Waals surface area contributed by atoms with Gasteiger partial charge in [0, 0.05) is 23.6 Å². The van der Waals surface area contributed by atoms with E-state index >= 15 is 0 Å². The lowest BCUT2D eigenvalue weighted by Crippen LogP contribution is -2.36. The Morgan fingerprint density at radius 3 is 2.70 bits per heavy atom. The van der Waals surface area contributed by atoms with Crippen LogP contribution >= 0.6 is 0 Å². The molecule has 1 amide bonds. The summed E-state index contributed by atoms with van der Waals surface area (Å²) in [6.45, 7) is 3.75. The van der Waals surface area contributed by atoms with Gasteiger partial charge >= 0.3 is 5.63 Å². The van der Waals surface area contributed by atoms with Gasteiger partial charge < -0.3 is 14.5 Å². The number of hydrogen-bond acceptors (Lipinski definition) is 4. The molecule has 0 spiro atoms. The predicted molar refractivity (Wildman–Crippen MR) is 105 cm³/mol. The summed E-state index contributed by atoms with van der Waals surface area (Å²) in [4.78, 5) is 23.6. The zero-order chi connectivity index (χ0) is 19.2. The van der Waals surface area contributed by atoms with Gasteiger partial charge in [0.25, 0.3) is 5.91 Å². The van der Waals surface area contributed by atoms with Gasteiger partial charge in [-0.2, -0.15) is 0 Å². The molecule has 3 rings (SSSR count). The molecule has 0 saturated heterocycles. The first-order valence-corrected chi connectivity index (χ1v) is 9.02. The molecule has 3 aromatic rings. The molecule has 140 valence electrons. The number of hydrogen-bond donors (Lipinski definition) is 1. The van der Waals surface area contributed by atoms with Crippen LogP contribution in [0.15, 0.2) is 63.8 Å². The van der Waals surface area contributed by atoms with Crippen LogP contribution in [0, 0.1) is 6.92 Å². The quantitative estimate of drug-likeness (QED) is 0.650. The molecule has 5 heteroatoms. The van der Waals surface area contributed by atoms with Gasteiger partial charge in [-0.3, -0.25) is 4.79 Å². The van der Waals surface area contributed by atoms with E-state index in [0.29, 0.717) is 11.3 Å². The van der Waals surface area contributed by atoms with Crippen LogP contribution in [0.5, 0.6) is 5.75 Å². The van der Waals surface area contributed by atoms with Crippen molar-refractivity contribution in [3.05, 3.63) is 76.1 Å². The Balaban J connectivity index is 1.51. The predicted octanol–water partition coefficient (Wildman–Crippen LogP) is 3.62. The first-order valence-electron chi connectivity index (χ1n) is 9.02. The fourth-order valence-electron chi connectivity index (χ4n) is 2.96. The maximum Gasteiger partial charge on any atom is 0.336 e. The summed E-state index contributed by atoms with van der Waals surface area (Å²) in [6.07, 6.45) is 1.77. The smallest absolute Gasteiger partial charge is 0.336 e. The maximum absolute atomic E-state index is 12.1. The van der Waals surface area contributed by atoms with Gasteiger partial charge in [-0.1, -0.05) is 30.3 Å². The van der Waals surface area contributed by atoms with Crippen LogP contribution in [0.4, 0.5) is 0 Å². The molecule has 0 saturated carbocycles. The summed E-state index contributed by atoms with van der Waals surface area (Å²) in [7, 11) is 0. The van der Waals surface area contributed by atoms with E-state index in [-0.39, 0.29) is 18.6 Å². The average molecular weight is 365 g/mol. The van der Waals surface area contributed by atoms with E-state index in [4.69, 9.17) is 9.15 Å². The minimum Gasteiger partial charge on any atom is -0.484 e. The summed E-state index contributed by atoms with van der Waals surface area (Å²) >= 11 is 0. The lowest BCUT2D eigenvalue weighted by atomic mass is 10.1. The highest BCUT2D eigenvalue weighted by Crippen LogP contribution is 2.22. The summed E-state index contributed by atoms with van der Waals surface area (Å²) in [6, 6.07) is 16.9. The molecule has 2 aromatic carbocycles. The minimum atomic E-state index is -0.401. The van der Waals surface area contributed by atoms with Crippen molar-refractivity contribution in [3.8, 4) is 5.75 Å². The third kappa shape index (κ3) is 5.20. The van der Waals surface area contributed by atoms with Crippen molar-refractivity contribution in [2.45, 2.75) is 32.7 Å². The fraction of sp³-hybridized carbons (Fsp3) is 0.273. The third-order valence-electron chi connectivity index (χ3n) is 4.41. The second-order valence-corrected chi connectivity index (χ2v) is 6.69. The van der Waals surface area contributed by atoms with Gasteiger partial charge in [0.1, 0.15) is 11.3 Å². The molecule has 1 heterocycles. The van der Waals surface area contributed by atoms with Crippen molar-refractivity contribution in [1.82, 2.24) is 5.32 Å². The van der Waals surface area contributed by atoms with Crippen molar-refractivity contribution in [1.29, 1.82) is 0 Å². The Morgan fingerprint density at radius 2 is 1.93 bits per heavy atom. The Morgan fingerprint density at radius 1 is 1.15 bits per heavy atom. The van der Waals surface area contributed by atoms with E-state index in [1.54, 1.807) is 12.1 Å². The maximum atomic E-state index is 12.1. The van der Waals surface area contributed by atoms with Crippen LogP contribution in [0.3, 0.4) is 0 Å². The van der Waals surface area contributed by atoms with Crippen molar-refractivity contribution in [3.63, 3.8) is 0 Å². The first kappa shape index (κ1) is 18.7. The van der Waals surface area contributed by atoms with Gasteiger partial charge in [-0.25, -0.2) is 4.79 Å². The van der Waals surface area contributed by atoms with Crippen LogP contribution in [0.25, 0.3) is 11.0 Å². The molecule has 0 bridgehead atoms. The lowest BCUT2D eigenvalue weighted by Gasteiger charge is -2.14. The number of amides is 1. The number of benzene rings is 2. The number of carbonyl (C=O) groups is 1. The largest absolute Gasteiger partial charge is 0.484 e. The zero-order valence-corrected chi connectivity index (χ0v) is 15.5. The first-order chi connectivity index (χ1) is 13.0. The van der Waals surface area contributed by atoms with Gasteiger partial charge in [0.15, 0.2) is 6.61 Å². The Labute approximate surface area is 158 Å². The van der Waals surface area contributed by atoms with Crippen molar-refractivity contribution in [2.24, 2.45) is 0 Å². The molecule has 0 aliphatic rings.